The molecule has 8 heteroatoms. The fraction of sp³-hybridized carbons (Fsp3) is 0. The van der Waals surface area contributed by atoms with Crippen molar-refractivity contribution in [2.24, 2.45) is 0 Å². The van der Waals surface area contributed by atoms with Crippen molar-refractivity contribution in [3.05, 3.63) is 107 Å². The Labute approximate surface area is 194 Å². The lowest BCUT2D eigenvalue weighted by Crippen LogP contribution is -2.17. The molecule has 8 nitrogen and oxygen atoms in total. The molecule has 0 unspecified atom stereocenters. The van der Waals surface area contributed by atoms with Crippen molar-refractivity contribution in [1.29, 1.82) is 0 Å². The molecule has 0 bridgehead atoms. The highest BCUT2D eigenvalue weighted by atomic mass is 16.4. The summed E-state index contributed by atoms with van der Waals surface area (Å²) in [6.45, 7) is 7.24. The first kappa shape index (κ1) is 23.7. The monoisotopic (exact) mass is 456 g/mol. The first-order chi connectivity index (χ1) is 16.2. The molecule has 0 aliphatic carbocycles. The van der Waals surface area contributed by atoms with Crippen LogP contribution in [0.5, 0.6) is 0 Å². The first-order valence-electron chi connectivity index (χ1n) is 9.95. The van der Waals surface area contributed by atoms with Gasteiger partial charge in [-0.15, -0.1) is 0 Å². The molecular formula is C26H20N2O6. The summed E-state index contributed by atoms with van der Waals surface area (Å²) < 4.78 is 0. The van der Waals surface area contributed by atoms with Gasteiger partial charge in [-0.25, -0.2) is 9.59 Å². The Kier molecular flexibility index (Phi) is 7.03. The van der Waals surface area contributed by atoms with Crippen LogP contribution in [0.4, 0.5) is 11.4 Å². The zero-order valence-corrected chi connectivity index (χ0v) is 17.9. The van der Waals surface area contributed by atoms with Crippen LogP contribution in [0.15, 0.2) is 73.8 Å². The molecule has 0 fully saturated rings. The Morgan fingerprint density at radius 1 is 0.588 bits per heavy atom. The van der Waals surface area contributed by atoms with E-state index in [1.165, 1.54) is 60.7 Å². The fourth-order valence-electron chi connectivity index (χ4n) is 3.16. The molecule has 4 N–H and O–H groups in total. The van der Waals surface area contributed by atoms with Crippen molar-refractivity contribution in [1.82, 2.24) is 0 Å². The SMILES string of the molecule is C=Cc1ccc(C(=O)O)c(C(=O)Nc2ccc(NC(=O)c3cc(C=C)ccc3C(=O)O)cc2)c1. The van der Waals surface area contributed by atoms with Crippen molar-refractivity contribution < 1.29 is 29.4 Å². The average molecular weight is 456 g/mol. The van der Waals surface area contributed by atoms with Crippen LogP contribution in [-0.2, 0) is 0 Å². The zero-order valence-electron chi connectivity index (χ0n) is 17.9. The third kappa shape index (κ3) is 5.25. The Balaban J connectivity index is 1.78. The van der Waals surface area contributed by atoms with Gasteiger partial charge in [0.05, 0.1) is 22.3 Å². The largest absolute Gasteiger partial charge is 0.478 e. The van der Waals surface area contributed by atoms with Crippen LogP contribution < -0.4 is 10.6 Å². The minimum Gasteiger partial charge on any atom is -0.478 e. The molecule has 0 heterocycles. The molecule has 3 aromatic rings. The molecule has 0 radical (unpaired) electrons. The van der Waals surface area contributed by atoms with Crippen molar-refractivity contribution in [2.45, 2.75) is 0 Å². The van der Waals surface area contributed by atoms with E-state index in [2.05, 4.69) is 23.8 Å². The highest BCUT2D eigenvalue weighted by Gasteiger charge is 2.18. The van der Waals surface area contributed by atoms with Gasteiger partial charge in [-0.3, -0.25) is 9.59 Å². The second-order valence-corrected chi connectivity index (χ2v) is 7.11. The highest BCUT2D eigenvalue weighted by molar-refractivity contribution is 6.12. The van der Waals surface area contributed by atoms with Gasteiger partial charge in [0.15, 0.2) is 0 Å². The van der Waals surface area contributed by atoms with Gasteiger partial charge in [-0.1, -0.05) is 37.4 Å². The maximum atomic E-state index is 12.7. The van der Waals surface area contributed by atoms with Crippen LogP contribution in [0, 0.1) is 0 Å². The van der Waals surface area contributed by atoms with Gasteiger partial charge in [0.25, 0.3) is 11.8 Å². The summed E-state index contributed by atoms with van der Waals surface area (Å²) in [5.41, 5.74) is 1.57. The molecule has 0 aromatic heterocycles. The minimum absolute atomic E-state index is 0.0226. The number of anilines is 2. The van der Waals surface area contributed by atoms with Crippen molar-refractivity contribution in [3.8, 4) is 0 Å². The molecule has 0 spiro atoms. The quantitative estimate of drug-likeness (QED) is 0.382. The molecule has 0 saturated heterocycles. The van der Waals surface area contributed by atoms with Gasteiger partial charge in [-0.2, -0.15) is 0 Å². The summed E-state index contributed by atoms with van der Waals surface area (Å²) >= 11 is 0. The predicted molar refractivity (Wildman–Crippen MR) is 129 cm³/mol. The first-order valence-corrected chi connectivity index (χ1v) is 9.95. The molecule has 0 aliphatic rings. The summed E-state index contributed by atoms with van der Waals surface area (Å²) in [6, 6.07) is 14.7. The van der Waals surface area contributed by atoms with Gasteiger partial charge in [0.2, 0.25) is 0 Å². The van der Waals surface area contributed by atoms with Crippen LogP contribution in [0.25, 0.3) is 12.2 Å². The lowest BCUT2D eigenvalue weighted by atomic mass is 10.0. The van der Waals surface area contributed by atoms with Gasteiger partial charge < -0.3 is 20.8 Å². The molecule has 2 amide bonds. The Morgan fingerprint density at radius 2 is 0.941 bits per heavy atom. The fourth-order valence-corrected chi connectivity index (χ4v) is 3.16. The molecular weight excluding hydrogens is 436 g/mol. The van der Waals surface area contributed by atoms with Crippen molar-refractivity contribution in [3.63, 3.8) is 0 Å². The van der Waals surface area contributed by atoms with Crippen LogP contribution >= 0.6 is 0 Å². The van der Waals surface area contributed by atoms with E-state index in [4.69, 9.17) is 0 Å². The third-order valence-corrected chi connectivity index (χ3v) is 4.91. The number of nitrogens with one attached hydrogen (secondary N) is 2. The van der Waals surface area contributed by atoms with Crippen LogP contribution in [0.3, 0.4) is 0 Å². The number of hydrogen-bond donors (Lipinski definition) is 4. The van der Waals surface area contributed by atoms with E-state index < -0.39 is 23.8 Å². The van der Waals surface area contributed by atoms with E-state index in [0.717, 1.165) is 0 Å². The van der Waals surface area contributed by atoms with E-state index in [1.807, 2.05) is 0 Å². The number of aromatic carboxylic acids is 2. The summed E-state index contributed by atoms with van der Waals surface area (Å²) in [7, 11) is 0. The van der Waals surface area contributed by atoms with E-state index in [9.17, 15) is 29.4 Å². The second-order valence-electron chi connectivity index (χ2n) is 7.11. The maximum Gasteiger partial charge on any atom is 0.336 e. The minimum atomic E-state index is -1.24. The lowest BCUT2D eigenvalue weighted by molar-refractivity contribution is 0.0683. The molecule has 170 valence electrons. The molecule has 34 heavy (non-hydrogen) atoms. The summed E-state index contributed by atoms with van der Waals surface area (Å²) in [5.74, 6) is -3.71. The summed E-state index contributed by atoms with van der Waals surface area (Å²) in [6.07, 6.45) is 3.00. The van der Waals surface area contributed by atoms with Gasteiger partial charge in [0, 0.05) is 11.4 Å². The number of carbonyl (C=O) groups is 4. The van der Waals surface area contributed by atoms with E-state index in [1.54, 1.807) is 12.1 Å². The molecule has 0 atom stereocenters. The molecule has 3 rings (SSSR count). The zero-order chi connectivity index (χ0) is 24.8. The normalized spacial score (nSPS) is 10.1. The maximum absolute atomic E-state index is 12.7. The van der Waals surface area contributed by atoms with Crippen molar-refractivity contribution >= 4 is 47.3 Å². The van der Waals surface area contributed by atoms with E-state index >= 15 is 0 Å². The van der Waals surface area contributed by atoms with Gasteiger partial charge in [0.1, 0.15) is 0 Å². The lowest BCUT2D eigenvalue weighted by Gasteiger charge is -2.11. The molecule has 0 saturated carbocycles. The van der Waals surface area contributed by atoms with Gasteiger partial charge in [-0.05, 0) is 59.7 Å². The Morgan fingerprint density at radius 3 is 1.24 bits per heavy atom. The number of carboxylic acids is 2. The highest BCUT2D eigenvalue weighted by Crippen LogP contribution is 2.20. The van der Waals surface area contributed by atoms with Crippen LogP contribution in [-0.4, -0.2) is 34.0 Å². The molecule has 3 aromatic carbocycles. The van der Waals surface area contributed by atoms with Crippen LogP contribution in [0.2, 0.25) is 0 Å². The molecule has 0 aliphatic heterocycles. The topological polar surface area (TPSA) is 133 Å². The average Bonchev–Trinajstić information content (AvgIpc) is 2.84. The Bertz CT molecular complexity index is 1220. The number of rotatable bonds is 8. The third-order valence-electron chi connectivity index (χ3n) is 4.91. The second kappa shape index (κ2) is 10.1. The van der Waals surface area contributed by atoms with E-state index in [0.29, 0.717) is 22.5 Å². The summed E-state index contributed by atoms with van der Waals surface area (Å²) in [4.78, 5) is 48.3. The smallest absolute Gasteiger partial charge is 0.336 e. The number of amides is 2. The van der Waals surface area contributed by atoms with Crippen LogP contribution in [0.1, 0.15) is 52.6 Å². The van der Waals surface area contributed by atoms with E-state index in [-0.39, 0.29) is 22.3 Å². The van der Waals surface area contributed by atoms with Crippen molar-refractivity contribution in [2.75, 3.05) is 10.6 Å². The summed E-state index contributed by atoms with van der Waals surface area (Å²) in [5, 5.41) is 24.0. The number of hydrogen-bond acceptors (Lipinski definition) is 4. The number of carboxylic acid groups (broad SMARTS) is 2. The Hall–Kier alpha value is -4.98. The standard InChI is InChI=1S/C26H20N2O6/c1-3-15-5-11-19(25(31)32)21(13-15)23(29)27-17-7-9-18(10-8-17)28-24(30)22-14-16(4-2)6-12-20(22)26(33)34/h3-14H,1-2H2,(H,27,29)(H,28,30)(H,31,32)(H,33,34). The number of carbonyl (C=O) groups excluding carboxylic acids is 2. The van der Waals surface area contributed by atoms with Gasteiger partial charge >= 0.3 is 11.9 Å². The predicted octanol–water partition coefficient (Wildman–Crippen LogP) is 4.87. The number of benzene rings is 3.